The molecule has 0 spiro atoms. The molecule has 2 nitrogen and oxygen atoms in total. The second-order valence-corrected chi connectivity index (χ2v) is 3.23. The third kappa shape index (κ3) is 0.819. The maximum atomic E-state index is 8.45. The van der Waals surface area contributed by atoms with Crippen LogP contribution in [-0.4, -0.2) is 23.5 Å². The minimum atomic E-state index is 0.646. The molecule has 0 N–H and O–H groups in total. The predicted molar refractivity (Wildman–Crippen MR) is 38.4 cm³/mol. The summed E-state index contributed by atoms with van der Waals surface area (Å²) in [6.45, 7) is 1.25. The van der Waals surface area contributed by atoms with Gasteiger partial charge in [0, 0.05) is 12.1 Å². The first-order valence-corrected chi connectivity index (χ1v) is 4.06. The Kier molecular flexibility index (Phi) is 1.39. The Morgan fingerprint density at radius 1 is 1.50 bits per heavy atom. The molecule has 2 saturated heterocycles. The second-order valence-electron chi connectivity index (χ2n) is 3.23. The number of nitrogens with zero attached hydrogens (tertiary/aromatic N) is 2. The smallest absolute Gasteiger partial charge is 0.0638 e. The summed E-state index contributed by atoms with van der Waals surface area (Å²) in [5.41, 5.74) is 0. The molecule has 10 heavy (non-hydrogen) atoms. The lowest BCUT2D eigenvalue weighted by molar-refractivity contribution is 0.399. The Labute approximate surface area is 61.4 Å². The highest BCUT2D eigenvalue weighted by atomic mass is 15.4. The third-order valence-corrected chi connectivity index (χ3v) is 2.67. The number of hydrogen-bond donors (Lipinski definition) is 0. The van der Waals surface area contributed by atoms with Crippen LogP contribution in [0.3, 0.4) is 0 Å². The van der Waals surface area contributed by atoms with Gasteiger partial charge in [0.15, 0.2) is 0 Å². The highest BCUT2D eigenvalue weighted by Gasteiger charge is 2.47. The van der Waals surface area contributed by atoms with Gasteiger partial charge < -0.3 is 0 Å². The van der Waals surface area contributed by atoms with Crippen LogP contribution in [0.4, 0.5) is 0 Å². The van der Waals surface area contributed by atoms with Gasteiger partial charge in [-0.1, -0.05) is 6.42 Å². The second kappa shape index (κ2) is 2.25. The zero-order valence-electron chi connectivity index (χ0n) is 6.08. The Balaban J connectivity index is 1.89. The molecule has 3 atom stereocenters. The van der Waals surface area contributed by atoms with Crippen molar-refractivity contribution in [1.82, 2.24) is 4.90 Å². The first-order valence-electron chi connectivity index (χ1n) is 4.06. The van der Waals surface area contributed by atoms with E-state index in [-0.39, 0.29) is 0 Å². The number of hydrogen-bond acceptors (Lipinski definition) is 2. The van der Waals surface area contributed by atoms with Gasteiger partial charge in [-0.05, 0) is 19.4 Å². The normalized spacial score (nSPS) is 43.7. The summed E-state index contributed by atoms with van der Waals surface area (Å²) < 4.78 is 0. The van der Waals surface area contributed by atoms with Crippen molar-refractivity contribution in [3.05, 3.63) is 0 Å². The lowest BCUT2D eigenvalue weighted by atomic mass is 10.1. The predicted octanol–water partition coefficient (Wildman–Crippen LogP) is 1.14. The van der Waals surface area contributed by atoms with Gasteiger partial charge in [0.25, 0.3) is 0 Å². The molecule has 0 aromatic carbocycles. The topological polar surface area (TPSA) is 26.8 Å². The molecule has 2 aliphatic heterocycles. The van der Waals surface area contributed by atoms with Crippen molar-refractivity contribution in [2.45, 2.75) is 37.8 Å². The van der Waals surface area contributed by atoms with Crippen molar-refractivity contribution < 1.29 is 0 Å². The minimum Gasteiger partial charge on any atom is -0.293 e. The Bertz CT molecular complexity index is 159. The van der Waals surface area contributed by atoms with Gasteiger partial charge in [-0.2, -0.15) is 5.26 Å². The highest BCUT2D eigenvalue weighted by molar-refractivity contribution is 5.07. The van der Waals surface area contributed by atoms with Gasteiger partial charge in [-0.15, -0.1) is 0 Å². The number of rotatable bonds is 1. The van der Waals surface area contributed by atoms with Crippen LogP contribution in [0.2, 0.25) is 0 Å². The number of piperidine rings is 1. The van der Waals surface area contributed by atoms with Crippen LogP contribution in [0.15, 0.2) is 0 Å². The van der Waals surface area contributed by atoms with Crippen LogP contribution in [0.5, 0.6) is 0 Å². The van der Waals surface area contributed by atoms with E-state index in [4.69, 9.17) is 5.26 Å². The summed E-state index contributed by atoms with van der Waals surface area (Å²) >= 11 is 0. The van der Waals surface area contributed by atoms with E-state index in [1.54, 1.807) is 0 Å². The monoisotopic (exact) mass is 136 g/mol. The Hall–Kier alpha value is -0.550. The molecule has 2 fully saturated rings. The summed E-state index contributed by atoms with van der Waals surface area (Å²) in [7, 11) is 0. The zero-order valence-corrected chi connectivity index (χ0v) is 6.08. The standard InChI is InChI=1S/C8H12N2/c9-5-4-8-7-3-1-2-6-10(7)8/h7-8H,1-4,6H2. The minimum absolute atomic E-state index is 0.646. The summed E-state index contributed by atoms with van der Waals surface area (Å²) in [5.74, 6) is 0. The fourth-order valence-corrected chi connectivity index (χ4v) is 2.08. The van der Waals surface area contributed by atoms with Crippen molar-refractivity contribution in [1.29, 1.82) is 5.26 Å². The lowest BCUT2D eigenvalue weighted by Crippen LogP contribution is -2.09. The number of fused-ring (bicyclic) bond motifs is 1. The van der Waals surface area contributed by atoms with Crippen molar-refractivity contribution >= 4 is 0 Å². The van der Waals surface area contributed by atoms with Gasteiger partial charge in [0.1, 0.15) is 0 Å². The van der Waals surface area contributed by atoms with Crippen LogP contribution in [0.25, 0.3) is 0 Å². The molecule has 2 rings (SSSR count). The first kappa shape index (κ1) is 6.18. The largest absolute Gasteiger partial charge is 0.293 e. The molecule has 3 unspecified atom stereocenters. The lowest BCUT2D eigenvalue weighted by Gasteiger charge is -2.07. The van der Waals surface area contributed by atoms with E-state index >= 15 is 0 Å². The van der Waals surface area contributed by atoms with Crippen LogP contribution in [0, 0.1) is 11.3 Å². The Morgan fingerprint density at radius 2 is 2.40 bits per heavy atom. The van der Waals surface area contributed by atoms with Gasteiger partial charge in [0.2, 0.25) is 0 Å². The average molecular weight is 136 g/mol. The molecule has 0 radical (unpaired) electrons. The van der Waals surface area contributed by atoms with Crippen LogP contribution in [0.1, 0.15) is 25.7 Å². The molecule has 0 amide bonds. The van der Waals surface area contributed by atoms with E-state index in [0.717, 1.165) is 12.5 Å². The van der Waals surface area contributed by atoms with E-state index < -0.39 is 0 Å². The third-order valence-electron chi connectivity index (χ3n) is 2.67. The molecule has 0 aromatic rings. The molecular formula is C8H12N2. The fraction of sp³-hybridized carbons (Fsp3) is 0.875. The van der Waals surface area contributed by atoms with E-state index in [9.17, 15) is 0 Å². The molecular weight excluding hydrogens is 124 g/mol. The summed E-state index contributed by atoms with van der Waals surface area (Å²) in [5, 5.41) is 8.45. The zero-order chi connectivity index (χ0) is 6.97. The molecule has 0 aromatic heterocycles. The van der Waals surface area contributed by atoms with Crippen LogP contribution in [-0.2, 0) is 0 Å². The van der Waals surface area contributed by atoms with Crippen LogP contribution >= 0.6 is 0 Å². The van der Waals surface area contributed by atoms with E-state index in [0.29, 0.717) is 6.04 Å². The summed E-state index contributed by atoms with van der Waals surface area (Å²) in [4.78, 5) is 2.46. The van der Waals surface area contributed by atoms with Crippen molar-refractivity contribution in [3.8, 4) is 6.07 Å². The SMILES string of the molecule is N#CCC1C2CCCCN12. The van der Waals surface area contributed by atoms with Crippen molar-refractivity contribution in [2.75, 3.05) is 6.54 Å². The molecule has 2 heterocycles. The molecule has 54 valence electrons. The molecule has 0 saturated carbocycles. The highest BCUT2D eigenvalue weighted by Crippen LogP contribution is 2.38. The van der Waals surface area contributed by atoms with Crippen LogP contribution < -0.4 is 0 Å². The van der Waals surface area contributed by atoms with Crippen molar-refractivity contribution in [3.63, 3.8) is 0 Å². The molecule has 0 aliphatic carbocycles. The van der Waals surface area contributed by atoms with Gasteiger partial charge in [0.05, 0.1) is 12.5 Å². The maximum absolute atomic E-state index is 8.45. The Morgan fingerprint density at radius 3 is 3.00 bits per heavy atom. The summed E-state index contributed by atoms with van der Waals surface area (Å²) in [6.07, 6.45) is 4.82. The van der Waals surface area contributed by atoms with Crippen molar-refractivity contribution in [2.24, 2.45) is 0 Å². The molecule has 2 heteroatoms. The first-order chi connectivity index (χ1) is 4.93. The average Bonchev–Trinajstić information content (AvgIpc) is 2.66. The van der Waals surface area contributed by atoms with Gasteiger partial charge in [-0.3, -0.25) is 4.90 Å². The van der Waals surface area contributed by atoms with E-state index in [1.165, 1.54) is 25.8 Å². The van der Waals surface area contributed by atoms with E-state index in [2.05, 4.69) is 11.0 Å². The van der Waals surface area contributed by atoms with Gasteiger partial charge in [-0.25, -0.2) is 0 Å². The quantitative estimate of drug-likeness (QED) is 0.505. The molecule has 0 bridgehead atoms. The fourth-order valence-electron chi connectivity index (χ4n) is 2.08. The maximum Gasteiger partial charge on any atom is 0.0638 e. The van der Waals surface area contributed by atoms with E-state index in [1.807, 2.05) is 0 Å². The number of nitriles is 1. The summed E-state index contributed by atoms with van der Waals surface area (Å²) in [6, 6.07) is 3.69. The van der Waals surface area contributed by atoms with Gasteiger partial charge >= 0.3 is 0 Å². The molecule has 2 aliphatic rings.